The Morgan fingerprint density at radius 3 is 2.75 bits per heavy atom. The fourth-order valence-corrected chi connectivity index (χ4v) is 2.58. The summed E-state index contributed by atoms with van der Waals surface area (Å²) < 4.78 is 36.3. The average Bonchev–Trinajstić information content (AvgIpc) is 2.35. The van der Waals surface area contributed by atoms with Crippen LogP contribution in [0.25, 0.3) is 0 Å². The van der Waals surface area contributed by atoms with Crippen LogP contribution in [-0.4, -0.2) is 23.7 Å². The Bertz CT molecular complexity index is 496. The molecule has 1 aromatic rings. The Morgan fingerprint density at radius 1 is 1.40 bits per heavy atom. The van der Waals surface area contributed by atoms with Gasteiger partial charge in [0.05, 0.1) is 5.75 Å². The molecule has 0 radical (unpaired) electrons. The lowest BCUT2D eigenvalue weighted by Crippen LogP contribution is -2.37. The van der Waals surface area contributed by atoms with Crippen LogP contribution < -0.4 is 10.6 Å². The van der Waals surface area contributed by atoms with Gasteiger partial charge in [0.2, 0.25) is 5.91 Å². The highest BCUT2D eigenvalue weighted by molar-refractivity contribution is 8.00. The Balaban J connectivity index is 0.00000200. The molecule has 0 aromatic heterocycles. The molecule has 0 fully saturated rings. The number of anilines is 2. The second-order valence-corrected chi connectivity index (χ2v) is 5.27. The van der Waals surface area contributed by atoms with Gasteiger partial charge in [-0.15, -0.1) is 12.4 Å². The number of amides is 1. The molecular weight excluding hydrogens is 313 g/mol. The smallest absolute Gasteiger partial charge is 0.398 e. The van der Waals surface area contributed by atoms with Crippen molar-refractivity contribution < 1.29 is 18.0 Å². The summed E-state index contributed by atoms with van der Waals surface area (Å²) in [5, 5.41) is 0. The topological polar surface area (TPSA) is 46.3 Å². The average molecular weight is 327 g/mol. The molecule has 1 heterocycles. The van der Waals surface area contributed by atoms with Gasteiger partial charge in [0.25, 0.3) is 0 Å². The molecule has 0 unspecified atom stereocenters. The number of carbonyl (C=O) groups excluding carboxylic acids is 1. The fourth-order valence-electron chi connectivity index (χ4n) is 2.13. The number of alkyl halides is 3. The number of hydrogen-bond donors (Lipinski definition) is 1. The molecule has 1 aromatic carbocycles. The van der Waals surface area contributed by atoms with Crippen LogP contribution in [-0.2, 0) is 11.2 Å². The maximum atomic E-state index is 12.1. The zero-order valence-electron chi connectivity index (χ0n) is 10.4. The number of hydrogen-bond acceptors (Lipinski definition) is 3. The molecule has 0 aliphatic carbocycles. The molecule has 1 aliphatic heterocycles. The summed E-state index contributed by atoms with van der Waals surface area (Å²) in [6, 6.07) is 5.16. The molecule has 2 rings (SSSR count). The predicted molar refractivity (Wildman–Crippen MR) is 77.3 cm³/mol. The van der Waals surface area contributed by atoms with Crippen molar-refractivity contribution in [1.82, 2.24) is 0 Å². The molecule has 0 saturated carbocycles. The SMILES string of the molecule is Cl.Nc1cccc2c1CCCN2C(=O)CSC(F)(F)F. The van der Waals surface area contributed by atoms with Crippen molar-refractivity contribution in [1.29, 1.82) is 0 Å². The Morgan fingerprint density at radius 2 is 2.10 bits per heavy atom. The number of fused-ring (bicyclic) bond motifs is 1. The third kappa shape index (κ3) is 3.96. The quantitative estimate of drug-likeness (QED) is 0.849. The number of nitrogens with two attached hydrogens (primary N) is 1. The van der Waals surface area contributed by atoms with Crippen LogP contribution in [0.4, 0.5) is 24.5 Å². The summed E-state index contributed by atoms with van der Waals surface area (Å²) in [6.45, 7) is 0.438. The largest absolute Gasteiger partial charge is 0.442 e. The lowest BCUT2D eigenvalue weighted by atomic mass is 10.00. The van der Waals surface area contributed by atoms with Crippen LogP contribution in [0.15, 0.2) is 18.2 Å². The first kappa shape index (κ1) is 17.0. The van der Waals surface area contributed by atoms with E-state index in [9.17, 15) is 18.0 Å². The lowest BCUT2D eigenvalue weighted by molar-refractivity contribution is -0.116. The van der Waals surface area contributed by atoms with Gasteiger partial charge in [0.15, 0.2) is 0 Å². The zero-order chi connectivity index (χ0) is 14.0. The van der Waals surface area contributed by atoms with Gasteiger partial charge in [-0.1, -0.05) is 6.07 Å². The molecule has 112 valence electrons. The van der Waals surface area contributed by atoms with E-state index < -0.39 is 17.2 Å². The third-order valence-electron chi connectivity index (χ3n) is 2.95. The minimum atomic E-state index is -4.38. The second kappa shape index (κ2) is 6.58. The van der Waals surface area contributed by atoms with Crippen molar-refractivity contribution in [2.75, 3.05) is 22.9 Å². The molecule has 0 atom stereocenters. The molecule has 2 N–H and O–H groups in total. The molecule has 1 aliphatic rings. The van der Waals surface area contributed by atoms with Crippen molar-refractivity contribution in [2.45, 2.75) is 18.3 Å². The molecule has 0 saturated heterocycles. The summed E-state index contributed by atoms with van der Waals surface area (Å²) in [5.41, 5.74) is 3.51. The van der Waals surface area contributed by atoms with Gasteiger partial charge in [0, 0.05) is 17.9 Å². The van der Waals surface area contributed by atoms with E-state index in [1.54, 1.807) is 18.2 Å². The lowest BCUT2D eigenvalue weighted by Gasteiger charge is -2.30. The minimum Gasteiger partial charge on any atom is -0.398 e. The van der Waals surface area contributed by atoms with E-state index >= 15 is 0 Å². The molecule has 1 amide bonds. The van der Waals surface area contributed by atoms with Gasteiger partial charge in [-0.25, -0.2) is 0 Å². The number of nitrogens with zero attached hydrogens (tertiary/aromatic N) is 1. The van der Waals surface area contributed by atoms with Gasteiger partial charge in [-0.05, 0) is 42.3 Å². The number of nitrogen functional groups attached to an aromatic ring is 1. The Labute approximate surface area is 125 Å². The van der Waals surface area contributed by atoms with E-state index in [-0.39, 0.29) is 24.2 Å². The fraction of sp³-hybridized carbons (Fsp3) is 0.417. The van der Waals surface area contributed by atoms with Crippen LogP contribution in [0, 0.1) is 0 Å². The van der Waals surface area contributed by atoms with E-state index in [0.29, 0.717) is 24.3 Å². The highest BCUT2D eigenvalue weighted by Crippen LogP contribution is 2.34. The first-order valence-electron chi connectivity index (χ1n) is 5.77. The van der Waals surface area contributed by atoms with Crippen molar-refractivity contribution >= 4 is 41.5 Å². The van der Waals surface area contributed by atoms with Crippen LogP contribution in [0.5, 0.6) is 0 Å². The highest BCUT2D eigenvalue weighted by Gasteiger charge is 2.31. The molecule has 20 heavy (non-hydrogen) atoms. The molecule has 0 spiro atoms. The summed E-state index contributed by atoms with van der Waals surface area (Å²) in [4.78, 5) is 13.3. The monoisotopic (exact) mass is 326 g/mol. The van der Waals surface area contributed by atoms with Crippen molar-refractivity contribution in [3.8, 4) is 0 Å². The normalized spacial score (nSPS) is 14.4. The number of benzene rings is 1. The first-order valence-corrected chi connectivity index (χ1v) is 6.75. The molecule has 0 bridgehead atoms. The maximum Gasteiger partial charge on any atom is 0.442 e. The molecule has 8 heteroatoms. The van der Waals surface area contributed by atoms with Gasteiger partial charge in [-0.2, -0.15) is 13.2 Å². The van der Waals surface area contributed by atoms with Crippen LogP contribution >= 0.6 is 24.2 Å². The summed E-state index contributed by atoms with van der Waals surface area (Å²) >= 11 is -0.308. The van der Waals surface area contributed by atoms with E-state index in [0.717, 1.165) is 12.0 Å². The van der Waals surface area contributed by atoms with Crippen LogP contribution in [0.1, 0.15) is 12.0 Å². The van der Waals surface area contributed by atoms with E-state index in [2.05, 4.69) is 0 Å². The zero-order valence-corrected chi connectivity index (χ0v) is 12.1. The molecule has 3 nitrogen and oxygen atoms in total. The summed E-state index contributed by atoms with van der Waals surface area (Å²) in [5.74, 6) is -1.13. The maximum absolute atomic E-state index is 12.1. The van der Waals surface area contributed by atoms with Gasteiger partial charge >= 0.3 is 5.51 Å². The second-order valence-electron chi connectivity index (χ2n) is 4.23. The summed E-state index contributed by atoms with van der Waals surface area (Å²) in [6.07, 6.45) is 1.46. The first-order chi connectivity index (χ1) is 8.88. The van der Waals surface area contributed by atoms with Gasteiger partial charge < -0.3 is 10.6 Å². The molecular formula is C12H14ClF3N2OS. The number of thioether (sulfide) groups is 1. The van der Waals surface area contributed by atoms with Crippen molar-refractivity contribution in [2.24, 2.45) is 0 Å². The van der Waals surface area contributed by atoms with E-state index in [4.69, 9.17) is 5.73 Å². The number of rotatable bonds is 2. The van der Waals surface area contributed by atoms with E-state index in [1.807, 2.05) is 0 Å². The Hall–Kier alpha value is -1.08. The minimum absolute atomic E-state index is 0. The van der Waals surface area contributed by atoms with Crippen molar-refractivity contribution in [3.05, 3.63) is 23.8 Å². The standard InChI is InChI=1S/C12H13F3N2OS.ClH/c13-12(14,15)19-7-11(18)17-6-2-3-8-9(16)4-1-5-10(8)17;/h1,4-5H,2-3,6-7,16H2;1H. The number of halogens is 4. The summed E-state index contributed by atoms with van der Waals surface area (Å²) in [7, 11) is 0. The van der Waals surface area contributed by atoms with Gasteiger partial charge in [-0.3, -0.25) is 4.79 Å². The highest BCUT2D eigenvalue weighted by atomic mass is 35.5. The van der Waals surface area contributed by atoms with Crippen molar-refractivity contribution in [3.63, 3.8) is 0 Å². The third-order valence-corrected chi connectivity index (χ3v) is 3.67. The number of carbonyl (C=O) groups is 1. The van der Waals surface area contributed by atoms with Crippen LogP contribution in [0.3, 0.4) is 0 Å². The van der Waals surface area contributed by atoms with Gasteiger partial charge in [0.1, 0.15) is 0 Å². The predicted octanol–water partition coefficient (Wildman–Crippen LogP) is 3.22. The Kier molecular flexibility index (Phi) is 5.59. The van der Waals surface area contributed by atoms with Crippen LogP contribution in [0.2, 0.25) is 0 Å². The van der Waals surface area contributed by atoms with E-state index in [1.165, 1.54) is 4.90 Å².